The highest BCUT2D eigenvalue weighted by molar-refractivity contribution is 7.91. The molecule has 4 rings (SSSR count). The summed E-state index contributed by atoms with van der Waals surface area (Å²) < 4.78 is 33.5. The molecule has 1 amide bonds. The van der Waals surface area contributed by atoms with Crippen LogP contribution in [-0.4, -0.2) is 42.5 Å². The van der Waals surface area contributed by atoms with Crippen molar-refractivity contribution in [2.45, 2.75) is 87.8 Å². The first-order chi connectivity index (χ1) is 16.5. The van der Waals surface area contributed by atoms with Crippen molar-refractivity contribution >= 4 is 21.6 Å². The van der Waals surface area contributed by atoms with Crippen LogP contribution in [0.2, 0.25) is 0 Å². The third-order valence-electron chi connectivity index (χ3n) is 7.35. The molecule has 0 radical (unpaired) electrons. The molecule has 2 aromatic rings. The summed E-state index contributed by atoms with van der Waals surface area (Å²) in [6.45, 7) is 8.90. The minimum absolute atomic E-state index is 0.0612. The van der Waals surface area contributed by atoms with Gasteiger partial charge < -0.3 is 15.4 Å². The smallest absolute Gasteiger partial charge is 0.253 e. The summed E-state index contributed by atoms with van der Waals surface area (Å²) in [5.74, 6) is 0.524. The van der Waals surface area contributed by atoms with E-state index >= 15 is 0 Å². The number of primary amides is 1. The molecular formula is C26H36N4O4S. The maximum absolute atomic E-state index is 13.7. The van der Waals surface area contributed by atoms with E-state index in [1.165, 1.54) is 37.6 Å². The van der Waals surface area contributed by atoms with Crippen LogP contribution in [0.1, 0.15) is 76.6 Å². The first-order valence-electron chi connectivity index (χ1n) is 12.5. The second-order valence-electron chi connectivity index (χ2n) is 10.6. The maximum Gasteiger partial charge on any atom is 0.253 e. The van der Waals surface area contributed by atoms with Gasteiger partial charge in [-0.05, 0) is 64.0 Å². The monoisotopic (exact) mass is 500 g/mol. The van der Waals surface area contributed by atoms with Gasteiger partial charge in [0.05, 0.1) is 4.90 Å². The second kappa shape index (κ2) is 9.76. The van der Waals surface area contributed by atoms with Crippen LogP contribution in [0, 0.1) is 11.8 Å². The fourth-order valence-electron chi connectivity index (χ4n) is 5.67. The van der Waals surface area contributed by atoms with Gasteiger partial charge in [-0.15, -0.1) is 0 Å². The zero-order valence-corrected chi connectivity index (χ0v) is 21.8. The van der Waals surface area contributed by atoms with Crippen LogP contribution in [0.4, 0.5) is 5.82 Å². The molecular weight excluding hydrogens is 464 g/mol. The highest BCUT2D eigenvalue weighted by Gasteiger charge is 2.40. The largest absolute Gasteiger partial charge is 0.474 e. The van der Waals surface area contributed by atoms with E-state index in [-0.39, 0.29) is 33.0 Å². The summed E-state index contributed by atoms with van der Waals surface area (Å²) in [5, 5.41) is -0.181. The van der Waals surface area contributed by atoms with E-state index in [0.717, 1.165) is 19.3 Å². The Kier molecular flexibility index (Phi) is 7.09. The summed E-state index contributed by atoms with van der Waals surface area (Å²) in [5.41, 5.74) is 5.35. The lowest BCUT2D eigenvalue weighted by Crippen LogP contribution is -2.40. The van der Waals surface area contributed by atoms with Crippen molar-refractivity contribution in [2.75, 3.05) is 11.4 Å². The zero-order valence-electron chi connectivity index (χ0n) is 21.0. The number of anilines is 1. The fraction of sp³-hybridized carbons (Fsp3) is 0.577. The minimum Gasteiger partial charge on any atom is -0.474 e. The molecule has 1 saturated carbocycles. The van der Waals surface area contributed by atoms with Gasteiger partial charge in [0.25, 0.3) is 5.91 Å². The SMILES string of the molecule is CC1CN(c2nccc(S(=O)(=O)c3cccc(OC(C)C4CCCCC4)n3)c2C(N)=O)C(C)(C)C1. The maximum atomic E-state index is 13.7. The number of amides is 1. The lowest BCUT2D eigenvalue weighted by molar-refractivity contribution is 0.0997. The third kappa shape index (κ3) is 5.15. The van der Waals surface area contributed by atoms with E-state index in [4.69, 9.17) is 10.5 Å². The van der Waals surface area contributed by atoms with Crippen molar-refractivity contribution in [1.29, 1.82) is 0 Å². The van der Waals surface area contributed by atoms with Gasteiger partial charge in [0.15, 0.2) is 5.03 Å². The number of carbonyl (C=O) groups excluding carboxylic acids is 1. The van der Waals surface area contributed by atoms with Crippen molar-refractivity contribution in [3.05, 3.63) is 36.0 Å². The van der Waals surface area contributed by atoms with Crippen LogP contribution in [0.25, 0.3) is 0 Å². The average molecular weight is 501 g/mol. The molecule has 1 aliphatic carbocycles. The summed E-state index contributed by atoms with van der Waals surface area (Å²) in [4.78, 5) is 23.1. The molecule has 2 aliphatic rings. The summed E-state index contributed by atoms with van der Waals surface area (Å²) >= 11 is 0. The first-order valence-corrected chi connectivity index (χ1v) is 13.9. The fourth-order valence-corrected chi connectivity index (χ4v) is 7.06. The zero-order chi connectivity index (χ0) is 25.4. The van der Waals surface area contributed by atoms with Gasteiger partial charge in [-0.25, -0.2) is 18.4 Å². The minimum atomic E-state index is -4.16. The van der Waals surface area contributed by atoms with Gasteiger partial charge in [-0.2, -0.15) is 0 Å². The summed E-state index contributed by atoms with van der Waals surface area (Å²) in [7, 11) is -4.16. The molecule has 0 spiro atoms. The number of hydrogen-bond donors (Lipinski definition) is 1. The number of rotatable bonds is 7. The van der Waals surface area contributed by atoms with Crippen LogP contribution in [0.5, 0.6) is 5.88 Å². The van der Waals surface area contributed by atoms with E-state index < -0.39 is 15.7 Å². The lowest BCUT2D eigenvalue weighted by Gasteiger charge is -2.33. The van der Waals surface area contributed by atoms with Crippen molar-refractivity contribution in [1.82, 2.24) is 9.97 Å². The van der Waals surface area contributed by atoms with Crippen molar-refractivity contribution in [3.63, 3.8) is 0 Å². The van der Waals surface area contributed by atoms with E-state index in [1.54, 1.807) is 12.1 Å². The topological polar surface area (TPSA) is 115 Å². The molecule has 2 aromatic heterocycles. The standard InChI is InChI=1S/C26H36N4O4S/c1-17-15-26(3,4)30(16-17)25-23(24(27)31)20(13-14-28-25)35(32,33)22-12-8-11-21(29-22)34-18(2)19-9-6-5-7-10-19/h8,11-14,17-19H,5-7,9-10,15-16H2,1-4H3,(H2,27,31). The molecule has 0 bridgehead atoms. The Morgan fingerprint density at radius 3 is 2.54 bits per heavy atom. The van der Waals surface area contributed by atoms with Crippen molar-refractivity contribution < 1.29 is 17.9 Å². The normalized spacial score (nSPS) is 21.6. The predicted octanol–water partition coefficient (Wildman–Crippen LogP) is 4.38. The van der Waals surface area contributed by atoms with Gasteiger partial charge in [0, 0.05) is 24.3 Å². The Morgan fingerprint density at radius 2 is 1.91 bits per heavy atom. The predicted molar refractivity (Wildman–Crippen MR) is 134 cm³/mol. The highest BCUT2D eigenvalue weighted by Crippen LogP contribution is 2.39. The van der Waals surface area contributed by atoms with E-state index in [0.29, 0.717) is 24.2 Å². The van der Waals surface area contributed by atoms with Crippen LogP contribution >= 0.6 is 0 Å². The van der Waals surface area contributed by atoms with Gasteiger partial charge in [0.2, 0.25) is 15.7 Å². The van der Waals surface area contributed by atoms with Crippen LogP contribution in [0.3, 0.4) is 0 Å². The Labute approximate surface area is 208 Å². The number of nitrogens with two attached hydrogens (primary N) is 1. The number of ether oxygens (including phenoxy) is 1. The van der Waals surface area contributed by atoms with E-state index in [2.05, 4.69) is 30.7 Å². The molecule has 190 valence electrons. The molecule has 8 nitrogen and oxygen atoms in total. The number of aromatic nitrogens is 2. The van der Waals surface area contributed by atoms with Crippen LogP contribution in [-0.2, 0) is 9.84 Å². The number of nitrogens with zero attached hydrogens (tertiary/aromatic N) is 3. The Bertz CT molecular complexity index is 1190. The number of sulfone groups is 1. The second-order valence-corrected chi connectivity index (χ2v) is 12.5. The van der Waals surface area contributed by atoms with Gasteiger partial charge in [0.1, 0.15) is 17.5 Å². The number of pyridine rings is 2. The summed E-state index contributed by atoms with van der Waals surface area (Å²) in [6, 6.07) is 6.02. The molecule has 2 unspecified atom stereocenters. The molecule has 0 aromatic carbocycles. The van der Waals surface area contributed by atoms with Gasteiger partial charge in [-0.3, -0.25) is 4.79 Å². The molecule has 1 aliphatic heterocycles. The average Bonchev–Trinajstić information content (AvgIpc) is 3.10. The first kappa shape index (κ1) is 25.4. The lowest BCUT2D eigenvalue weighted by atomic mass is 9.86. The molecule has 35 heavy (non-hydrogen) atoms. The van der Waals surface area contributed by atoms with Crippen LogP contribution < -0.4 is 15.4 Å². The van der Waals surface area contributed by atoms with E-state index in [1.807, 2.05) is 11.8 Å². The molecule has 9 heteroatoms. The molecule has 3 heterocycles. The Hall–Kier alpha value is -2.68. The quantitative estimate of drug-likeness (QED) is 0.600. The van der Waals surface area contributed by atoms with Gasteiger partial charge >= 0.3 is 0 Å². The van der Waals surface area contributed by atoms with E-state index in [9.17, 15) is 13.2 Å². The molecule has 2 atom stereocenters. The molecule has 2 N–H and O–H groups in total. The summed E-state index contributed by atoms with van der Waals surface area (Å²) in [6.07, 6.45) is 8.08. The van der Waals surface area contributed by atoms with Crippen molar-refractivity contribution in [2.24, 2.45) is 17.6 Å². The Morgan fingerprint density at radius 1 is 1.20 bits per heavy atom. The number of hydrogen-bond acceptors (Lipinski definition) is 7. The molecule has 2 fully saturated rings. The Balaban J connectivity index is 1.70. The number of carbonyl (C=O) groups is 1. The third-order valence-corrected chi connectivity index (χ3v) is 9.05. The van der Waals surface area contributed by atoms with Gasteiger partial charge in [-0.1, -0.05) is 32.3 Å². The highest BCUT2D eigenvalue weighted by atomic mass is 32.2. The molecule has 1 saturated heterocycles. The van der Waals surface area contributed by atoms with Crippen LogP contribution in [0.15, 0.2) is 40.4 Å². The van der Waals surface area contributed by atoms with Crippen molar-refractivity contribution in [3.8, 4) is 5.88 Å².